The van der Waals surface area contributed by atoms with Crippen LogP contribution >= 0.6 is 0 Å². The number of fused-ring (bicyclic) bond motifs is 1. The summed E-state index contributed by atoms with van der Waals surface area (Å²) < 4.78 is 0. The minimum absolute atomic E-state index is 0.322. The van der Waals surface area contributed by atoms with E-state index in [1.165, 1.54) is 6.42 Å². The van der Waals surface area contributed by atoms with E-state index in [0.717, 1.165) is 12.5 Å². The van der Waals surface area contributed by atoms with Gasteiger partial charge in [0.2, 0.25) is 0 Å². The van der Waals surface area contributed by atoms with Crippen LogP contribution in [0.1, 0.15) is 13.3 Å². The highest BCUT2D eigenvalue weighted by molar-refractivity contribution is 5.19. The number of nitriles is 1. The van der Waals surface area contributed by atoms with Crippen molar-refractivity contribution in [2.24, 2.45) is 11.8 Å². The lowest BCUT2D eigenvalue weighted by Gasteiger charge is -2.43. The second-order valence-electron chi connectivity index (χ2n) is 4.10. The average Bonchev–Trinajstić information content (AvgIpc) is 2.64. The van der Waals surface area contributed by atoms with Gasteiger partial charge >= 0.3 is 0 Å². The van der Waals surface area contributed by atoms with Crippen molar-refractivity contribution in [3.63, 3.8) is 0 Å². The molecule has 0 aromatic heterocycles. The Morgan fingerprint density at radius 3 is 2.75 bits per heavy atom. The van der Waals surface area contributed by atoms with Crippen LogP contribution in [0.15, 0.2) is 0 Å². The standard InChI is InChI=1S/C9H15N3/c1-9(5-10,11-2)8-6-3-7(8)12-4-6/h6-8,11-12H,3-4H2,1-2H3. The number of rotatable bonds is 2. The van der Waals surface area contributed by atoms with E-state index >= 15 is 0 Å². The molecule has 3 rings (SSSR count). The van der Waals surface area contributed by atoms with Crippen LogP contribution in [0.3, 0.4) is 0 Å². The van der Waals surface area contributed by atoms with E-state index in [9.17, 15) is 0 Å². The summed E-state index contributed by atoms with van der Waals surface area (Å²) >= 11 is 0. The summed E-state index contributed by atoms with van der Waals surface area (Å²) in [6, 6.07) is 2.97. The van der Waals surface area contributed by atoms with Gasteiger partial charge < -0.3 is 10.6 Å². The summed E-state index contributed by atoms with van der Waals surface area (Å²) in [5.74, 6) is 1.25. The molecule has 0 aromatic rings. The highest BCUT2D eigenvalue weighted by Crippen LogP contribution is 2.45. The molecule has 1 saturated carbocycles. The Balaban J connectivity index is 2.15. The molecular formula is C9H15N3. The van der Waals surface area contributed by atoms with Crippen molar-refractivity contribution in [2.45, 2.75) is 24.9 Å². The van der Waals surface area contributed by atoms with Crippen molar-refractivity contribution in [1.29, 1.82) is 5.26 Å². The third-order valence-corrected chi connectivity index (χ3v) is 3.56. The van der Waals surface area contributed by atoms with Gasteiger partial charge in [-0.15, -0.1) is 0 Å². The normalized spacial score (nSPS) is 42.9. The van der Waals surface area contributed by atoms with Gasteiger partial charge in [-0.1, -0.05) is 0 Å². The van der Waals surface area contributed by atoms with E-state index in [4.69, 9.17) is 5.26 Å². The molecule has 2 bridgehead atoms. The Morgan fingerprint density at radius 2 is 2.42 bits per heavy atom. The fraction of sp³-hybridized carbons (Fsp3) is 0.889. The Labute approximate surface area is 73.1 Å². The SMILES string of the molecule is CNC(C)(C#N)C1C2CNC1C2. The van der Waals surface area contributed by atoms with E-state index in [-0.39, 0.29) is 5.54 Å². The molecule has 0 amide bonds. The third-order valence-electron chi connectivity index (χ3n) is 3.56. The van der Waals surface area contributed by atoms with Crippen molar-refractivity contribution in [3.8, 4) is 6.07 Å². The number of hydrogen-bond acceptors (Lipinski definition) is 3. The van der Waals surface area contributed by atoms with Crippen molar-refractivity contribution in [2.75, 3.05) is 13.6 Å². The molecule has 0 aromatic carbocycles. The molecule has 4 unspecified atom stereocenters. The molecule has 2 N–H and O–H groups in total. The molecular weight excluding hydrogens is 150 g/mol. The zero-order valence-electron chi connectivity index (χ0n) is 7.59. The van der Waals surface area contributed by atoms with Gasteiger partial charge in [0.1, 0.15) is 5.54 Å². The lowest BCUT2D eigenvalue weighted by atomic mass is 9.64. The Hall–Kier alpha value is -0.590. The molecule has 1 aliphatic carbocycles. The first-order valence-corrected chi connectivity index (χ1v) is 4.55. The minimum atomic E-state index is -0.322. The molecule has 2 aliphatic heterocycles. The van der Waals surface area contributed by atoms with E-state index < -0.39 is 0 Å². The zero-order valence-corrected chi connectivity index (χ0v) is 7.59. The van der Waals surface area contributed by atoms with Crippen LogP contribution < -0.4 is 10.6 Å². The number of nitrogens with zero attached hydrogens (tertiary/aromatic N) is 1. The van der Waals surface area contributed by atoms with Crippen LogP contribution in [0.2, 0.25) is 0 Å². The summed E-state index contributed by atoms with van der Waals surface area (Å²) in [5, 5.41) is 15.6. The van der Waals surface area contributed by atoms with Crippen LogP contribution in [-0.2, 0) is 0 Å². The Bertz CT molecular complexity index is 218. The second kappa shape index (κ2) is 2.45. The first-order valence-electron chi connectivity index (χ1n) is 4.55. The maximum absolute atomic E-state index is 9.04. The van der Waals surface area contributed by atoms with Crippen LogP contribution in [0, 0.1) is 23.2 Å². The maximum Gasteiger partial charge on any atom is 0.108 e. The largest absolute Gasteiger partial charge is 0.313 e. The highest BCUT2D eigenvalue weighted by Gasteiger charge is 2.55. The van der Waals surface area contributed by atoms with E-state index in [1.807, 2.05) is 14.0 Å². The second-order valence-corrected chi connectivity index (χ2v) is 4.10. The molecule has 2 heterocycles. The third kappa shape index (κ3) is 0.825. The Morgan fingerprint density at radius 1 is 1.67 bits per heavy atom. The molecule has 3 heteroatoms. The molecule has 3 fully saturated rings. The predicted molar refractivity (Wildman–Crippen MR) is 46.5 cm³/mol. The summed E-state index contributed by atoms with van der Waals surface area (Å²) in [7, 11) is 1.88. The monoisotopic (exact) mass is 165 g/mol. The lowest BCUT2D eigenvalue weighted by molar-refractivity contribution is 0.129. The van der Waals surface area contributed by atoms with Crippen molar-refractivity contribution < 1.29 is 0 Å². The fourth-order valence-corrected chi connectivity index (χ4v) is 2.65. The smallest absolute Gasteiger partial charge is 0.108 e. The molecule has 3 nitrogen and oxygen atoms in total. The van der Waals surface area contributed by atoms with Gasteiger partial charge in [0, 0.05) is 12.0 Å². The fourth-order valence-electron chi connectivity index (χ4n) is 2.65. The molecule has 0 radical (unpaired) electrons. The van der Waals surface area contributed by atoms with Gasteiger partial charge in [0.25, 0.3) is 0 Å². The summed E-state index contributed by atoms with van der Waals surface area (Å²) in [5.41, 5.74) is -0.322. The van der Waals surface area contributed by atoms with Crippen molar-refractivity contribution in [1.82, 2.24) is 10.6 Å². The molecule has 0 spiro atoms. The summed E-state index contributed by atoms with van der Waals surface area (Å²) in [6.07, 6.45) is 1.27. The first kappa shape index (κ1) is 8.03. The summed E-state index contributed by atoms with van der Waals surface area (Å²) in [4.78, 5) is 0. The van der Waals surface area contributed by atoms with Crippen LogP contribution in [0.5, 0.6) is 0 Å². The number of hydrogen-bond donors (Lipinski definition) is 2. The predicted octanol–water partition coefficient (Wildman–Crippen LogP) is 0.0960. The molecule has 2 saturated heterocycles. The lowest BCUT2D eigenvalue weighted by Crippen LogP contribution is -2.57. The quantitative estimate of drug-likeness (QED) is 0.610. The van der Waals surface area contributed by atoms with Crippen molar-refractivity contribution >= 4 is 0 Å². The van der Waals surface area contributed by atoms with Crippen molar-refractivity contribution in [3.05, 3.63) is 0 Å². The van der Waals surface area contributed by atoms with E-state index in [2.05, 4.69) is 16.7 Å². The first-order chi connectivity index (χ1) is 5.71. The van der Waals surface area contributed by atoms with Crippen LogP contribution in [0.4, 0.5) is 0 Å². The molecule has 3 aliphatic rings. The Kier molecular flexibility index (Phi) is 1.64. The highest BCUT2D eigenvalue weighted by atomic mass is 15.1. The average molecular weight is 165 g/mol. The van der Waals surface area contributed by atoms with Gasteiger partial charge in [0.15, 0.2) is 0 Å². The molecule has 4 atom stereocenters. The van der Waals surface area contributed by atoms with E-state index in [0.29, 0.717) is 12.0 Å². The van der Waals surface area contributed by atoms with Crippen LogP contribution in [-0.4, -0.2) is 25.2 Å². The summed E-state index contributed by atoms with van der Waals surface area (Å²) in [6.45, 7) is 3.11. The minimum Gasteiger partial charge on any atom is -0.313 e. The van der Waals surface area contributed by atoms with Gasteiger partial charge in [0.05, 0.1) is 6.07 Å². The molecule has 12 heavy (non-hydrogen) atoms. The topological polar surface area (TPSA) is 47.9 Å². The van der Waals surface area contributed by atoms with Gasteiger partial charge in [-0.3, -0.25) is 0 Å². The van der Waals surface area contributed by atoms with Gasteiger partial charge in [-0.05, 0) is 32.9 Å². The zero-order chi connectivity index (χ0) is 8.77. The van der Waals surface area contributed by atoms with Crippen LogP contribution in [0.25, 0.3) is 0 Å². The molecule has 66 valence electrons. The maximum atomic E-state index is 9.04. The van der Waals surface area contributed by atoms with Gasteiger partial charge in [-0.25, -0.2) is 0 Å². The van der Waals surface area contributed by atoms with Gasteiger partial charge in [-0.2, -0.15) is 5.26 Å². The van der Waals surface area contributed by atoms with E-state index in [1.54, 1.807) is 0 Å². The number of nitrogens with one attached hydrogen (secondary N) is 2.